The van der Waals surface area contributed by atoms with Crippen LogP contribution in [0.4, 0.5) is 0 Å². The second-order valence-electron chi connectivity index (χ2n) is 3.88. The zero-order chi connectivity index (χ0) is 12.7. The van der Waals surface area contributed by atoms with Gasteiger partial charge in [0.1, 0.15) is 11.3 Å². The molecule has 2 heterocycles. The highest BCUT2D eigenvalue weighted by atomic mass is 16.5. The highest BCUT2D eigenvalue weighted by Crippen LogP contribution is 2.28. The first kappa shape index (κ1) is 10.6. The van der Waals surface area contributed by atoms with Crippen LogP contribution in [0.2, 0.25) is 0 Å². The monoisotopic (exact) mass is 242 g/mol. The molecule has 5 nitrogen and oxygen atoms in total. The number of fused-ring (bicyclic) bond motifs is 3. The van der Waals surface area contributed by atoms with Gasteiger partial charge in [-0.05, 0) is 12.1 Å². The highest BCUT2D eigenvalue weighted by molar-refractivity contribution is 6.00. The summed E-state index contributed by atoms with van der Waals surface area (Å²) in [5.41, 5.74) is 1.41. The fourth-order valence-corrected chi connectivity index (χ4v) is 2.14. The number of methoxy groups -OCH3 is 1. The molecule has 2 aromatic heterocycles. The van der Waals surface area contributed by atoms with E-state index in [4.69, 9.17) is 4.74 Å². The van der Waals surface area contributed by atoms with Gasteiger partial charge in [-0.25, -0.2) is 9.78 Å². The Labute approximate surface area is 102 Å². The number of rotatable bonds is 2. The van der Waals surface area contributed by atoms with Gasteiger partial charge in [-0.15, -0.1) is 0 Å². The molecule has 3 rings (SSSR count). The Morgan fingerprint density at radius 2 is 2.28 bits per heavy atom. The van der Waals surface area contributed by atoms with Crippen molar-refractivity contribution in [1.29, 1.82) is 0 Å². The number of carboxylic acids is 1. The Morgan fingerprint density at radius 1 is 1.44 bits per heavy atom. The van der Waals surface area contributed by atoms with E-state index >= 15 is 0 Å². The number of hydrogen-bond donors (Lipinski definition) is 1. The summed E-state index contributed by atoms with van der Waals surface area (Å²) in [7, 11) is 1.59. The number of hydrogen-bond acceptors (Lipinski definition) is 3. The fraction of sp³-hybridized carbons (Fsp3) is 0.0769. The van der Waals surface area contributed by atoms with E-state index in [1.54, 1.807) is 30.0 Å². The summed E-state index contributed by atoms with van der Waals surface area (Å²) in [6, 6.07) is 7.13. The summed E-state index contributed by atoms with van der Waals surface area (Å²) < 4.78 is 7.04. The van der Waals surface area contributed by atoms with E-state index in [0.717, 1.165) is 10.9 Å². The number of aromatic carboxylic acids is 1. The molecular weight excluding hydrogens is 232 g/mol. The first-order chi connectivity index (χ1) is 8.72. The summed E-state index contributed by atoms with van der Waals surface area (Å²) in [5, 5.41) is 10.0. The van der Waals surface area contributed by atoms with Gasteiger partial charge >= 0.3 is 5.97 Å². The Hall–Kier alpha value is -2.56. The molecule has 0 bridgehead atoms. The van der Waals surface area contributed by atoms with Crippen molar-refractivity contribution >= 4 is 22.5 Å². The van der Waals surface area contributed by atoms with Gasteiger partial charge in [-0.1, -0.05) is 12.1 Å². The molecule has 1 N–H and O–H groups in total. The van der Waals surface area contributed by atoms with E-state index in [1.807, 2.05) is 18.2 Å². The van der Waals surface area contributed by atoms with Crippen LogP contribution in [-0.4, -0.2) is 27.6 Å². The minimum Gasteiger partial charge on any atom is -0.495 e. The largest absolute Gasteiger partial charge is 0.495 e. The van der Waals surface area contributed by atoms with Gasteiger partial charge in [0.2, 0.25) is 0 Å². The number of ether oxygens (including phenoxy) is 1. The third kappa shape index (κ3) is 1.34. The van der Waals surface area contributed by atoms with Crippen molar-refractivity contribution in [2.24, 2.45) is 0 Å². The van der Waals surface area contributed by atoms with Crippen LogP contribution < -0.4 is 4.74 Å². The summed E-state index contributed by atoms with van der Waals surface area (Å²) in [5.74, 6) is -0.302. The van der Waals surface area contributed by atoms with E-state index < -0.39 is 5.97 Å². The highest BCUT2D eigenvalue weighted by Gasteiger charge is 2.15. The number of imidazole rings is 1. The first-order valence-electron chi connectivity index (χ1n) is 5.38. The molecule has 0 unspecified atom stereocenters. The van der Waals surface area contributed by atoms with Gasteiger partial charge in [0, 0.05) is 17.8 Å². The maximum absolute atomic E-state index is 11.2. The fourth-order valence-electron chi connectivity index (χ4n) is 2.14. The molecule has 3 aromatic rings. The molecule has 0 radical (unpaired) electrons. The number of nitrogens with zero attached hydrogens (tertiary/aromatic N) is 2. The van der Waals surface area contributed by atoms with Crippen molar-refractivity contribution in [1.82, 2.24) is 9.38 Å². The summed E-state index contributed by atoms with van der Waals surface area (Å²) in [6.45, 7) is 0. The topological polar surface area (TPSA) is 63.8 Å². The number of carboxylic acid groups (broad SMARTS) is 1. The van der Waals surface area contributed by atoms with Gasteiger partial charge in [0.05, 0.1) is 12.6 Å². The molecule has 90 valence electrons. The van der Waals surface area contributed by atoms with E-state index in [0.29, 0.717) is 11.4 Å². The van der Waals surface area contributed by atoms with Crippen molar-refractivity contribution in [2.45, 2.75) is 0 Å². The first-order valence-corrected chi connectivity index (χ1v) is 5.38. The van der Waals surface area contributed by atoms with Crippen molar-refractivity contribution in [3.8, 4) is 5.75 Å². The van der Waals surface area contributed by atoms with E-state index in [2.05, 4.69) is 4.98 Å². The average molecular weight is 242 g/mol. The van der Waals surface area contributed by atoms with Gasteiger partial charge in [-0.3, -0.25) is 4.40 Å². The molecule has 1 aromatic carbocycles. The number of para-hydroxylation sites is 1. The number of carbonyl (C=O) groups is 1. The number of benzene rings is 1. The second kappa shape index (κ2) is 3.73. The molecule has 0 amide bonds. The van der Waals surface area contributed by atoms with Crippen LogP contribution in [0.3, 0.4) is 0 Å². The molecule has 0 aliphatic rings. The van der Waals surface area contributed by atoms with E-state index in [1.165, 1.54) is 0 Å². The van der Waals surface area contributed by atoms with Gasteiger partial charge in [0.15, 0.2) is 5.65 Å². The zero-order valence-electron chi connectivity index (χ0n) is 9.62. The van der Waals surface area contributed by atoms with Crippen LogP contribution in [0.1, 0.15) is 10.4 Å². The SMILES string of the molecule is COc1cccc2cc(C(=O)O)c3nccn3c12. The van der Waals surface area contributed by atoms with Crippen molar-refractivity contribution in [3.05, 3.63) is 42.2 Å². The number of pyridine rings is 1. The molecule has 5 heteroatoms. The lowest BCUT2D eigenvalue weighted by atomic mass is 10.1. The van der Waals surface area contributed by atoms with Crippen molar-refractivity contribution < 1.29 is 14.6 Å². The van der Waals surface area contributed by atoms with E-state index in [-0.39, 0.29) is 5.56 Å². The maximum atomic E-state index is 11.2. The molecule has 0 spiro atoms. The maximum Gasteiger partial charge on any atom is 0.339 e. The normalized spacial score (nSPS) is 10.9. The quantitative estimate of drug-likeness (QED) is 0.748. The molecule has 0 saturated heterocycles. The zero-order valence-corrected chi connectivity index (χ0v) is 9.62. The van der Waals surface area contributed by atoms with Crippen LogP contribution >= 0.6 is 0 Å². The van der Waals surface area contributed by atoms with Crippen molar-refractivity contribution in [3.63, 3.8) is 0 Å². The lowest BCUT2D eigenvalue weighted by Gasteiger charge is -2.09. The Morgan fingerprint density at radius 3 is 3.00 bits per heavy atom. The Balaban J connectivity index is 2.56. The summed E-state index contributed by atoms with van der Waals surface area (Å²) >= 11 is 0. The molecular formula is C13H10N2O3. The summed E-state index contributed by atoms with van der Waals surface area (Å²) in [6.07, 6.45) is 3.31. The predicted molar refractivity (Wildman–Crippen MR) is 66.2 cm³/mol. The van der Waals surface area contributed by atoms with Crippen LogP contribution in [0.15, 0.2) is 36.7 Å². The summed E-state index contributed by atoms with van der Waals surface area (Å²) in [4.78, 5) is 15.3. The number of aromatic nitrogens is 2. The van der Waals surface area contributed by atoms with Gasteiger partial charge in [-0.2, -0.15) is 0 Å². The average Bonchev–Trinajstić information content (AvgIpc) is 2.85. The van der Waals surface area contributed by atoms with Gasteiger partial charge in [0.25, 0.3) is 0 Å². The Kier molecular flexibility index (Phi) is 2.19. The molecule has 0 aliphatic carbocycles. The third-order valence-corrected chi connectivity index (χ3v) is 2.90. The van der Waals surface area contributed by atoms with Crippen LogP contribution in [0.25, 0.3) is 16.6 Å². The predicted octanol–water partition coefficient (Wildman–Crippen LogP) is 2.19. The standard InChI is InChI=1S/C13H10N2O3/c1-18-10-4-2-3-8-7-9(13(16)17)12-14-5-6-15(12)11(8)10/h2-7H,1H3,(H,16,17). The minimum atomic E-state index is -0.990. The molecule has 0 fully saturated rings. The lowest BCUT2D eigenvalue weighted by Crippen LogP contribution is -2.02. The van der Waals surface area contributed by atoms with Crippen LogP contribution in [0.5, 0.6) is 5.75 Å². The minimum absolute atomic E-state index is 0.181. The molecule has 0 saturated carbocycles. The third-order valence-electron chi connectivity index (χ3n) is 2.90. The van der Waals surface area contributed by atoms with Crippen LogP contribution in [0, 0.1) is 0 Å². The van der Waals surface area contributed by atoms with Crippen molar-refractivity contribution in [2.75, 3.05) is 7.11 Å². The molecule has 18 heavy (non-hydrogen) atoms. The van der Waals surface area contributed by atoms with Crippen LogP contribution in [-0.2, 0) is 0 Å². The van der Waals surface area contributed by atoms with E-state index in [9.17, 15) is 9.90 Å². The molecule has 0 atom stereocenters. The lowest BCUT2D eigenvalue weighted by molar-refractivity contribution is 0.0698. The van der Waals surface area contributed by atoms with Gasteiger partial charge < -0.3 is 9.84 Å². The second-order valence-corrected chi connectivity index (χ2v) is 3.88. The molecule has 0 aliphatic heterocycles. The smallest absolute Gasteiger partial charge is 0.339 e. The Bertz CT molecular complexity index is 761.